The average molecular weight is 437 g/mol. The number of nitrogens with zero attached hydrogens (tertiary/aromatic N) is 1. The molecule has 3 nitrogen and oxygen atoms in total. The van der Waals surface area contributed by atoms with Gasteiger partial charge in [-0.1, -0.05) is 44.2 Å². The molecule has 2 heterocycles. The van der Waals surface area contributed by atoms with Crippen LogP contribution in [0.5, 0.6) is 0 Å². The van der Waals surface area contributed by atoms with E-state index in [-0.39, 0.29) is 17.8 Å². The molecule has 1 aliphatic heterocycles. The molecule has 0 unspecified atom stereocenters. The summed E-state index contributed by atoms with van der Waals surface area (Å²) in [5.74, 6) is 0.362. The lowest BCUT2D eigenvalue weighted by molar-refractivity contribution is 0.102. The van der Waals surface area contributed by atoms with Crippen LogP contribution in [0.25, 0.3) is 0 Å². The third kappa shape index (κ3) is 5.05. The maximum atomic E-state index is 14.2. The Labute approximate surface area is 187 Å². The van der Waals surface area contributed by atoms with E-state index < -0.39 is 0 Å². The van der Waals surface area contributed by atoms with Crippen LogP contribution in [0.3, 0.4) is 0 Å². The van der Waals surface area contributed by atoms with Gasteiger partial charge in [-0.2, -0.15) is 0 Å². The lowest BCUT2D eigenvalue weighted by atomic mass is 9.92. The number of aryl methyl sites for hydroxylation is 1. The van der Waals surface area contributed by atoms with Gasteiger partial charge in [-0.25, -0.2) is 4.39 Å². The van der Waals surface area contributed by atoms with Gasteiger partial charge < -0.3 is 5.32 Å². The highest BCUT2D eigenvalue weighted by Crippen LogP contribution is 2.41. The van der Waals surface area contributed by atoms with Crippen LogP contribution in [0.2, 0.25) is 0 Å². The molecule has 0 saturated carbocycles. The van der Waals surface area contributed by atoms with E-state index in [4.69, 9.17) is 0 Å². The standard InChI is InChI=1S/C26H29FN2OS/c1-3-22-17-23(26(31-22)28-25(30)19-8-5-4-6-9-19)24(20-10-7-11-21(27)16-20)29-14-12-18(2)13-15-29/h4-11,16-18,24H,3,12-15H2,1-2H3,(H,28,30)/t24-/m1/s1. The van der Waals surface area contributed by atoms with Crippen molar-refractivity contribution < 1.29 is 9.18 Å². The van der Waals surface area contributed by atoms with Crippen LogP contribution in [0.1, 0.15) is 59.1 Å². The number of carbonyl (C=O) groups excluding carboxylic acids is 1. The molecule has 1 amide bonds. The lowest BCUT2D eigenvalue weighted by Crippen LogP contribution is -2.37. The third-order valence-corrected chi connectivity index (χ3v) is 7.28. The van der Waals surface area contributed by atoms with Crippen molar-refractivity contribution >= 4 is 22.2 Å². The highest BCUT2D eigenvalue weighted by molar-refractivity contribution is 7.16. The molecule has 1 saturated heterocycles. The molecule has 5 heteroatoms. The molecule has 1 aliphatic rings. The van der Waals surface area contributed by atoms with Gasteiger partial charge >= 0.3 is 0 Å². The second kappa shape index (κ2) is 9.75. The average Bonchev–Trinajstić information content (AvgIpc) is 3.18. The number of likely N-dealkylation sites (tertiary alicyclic amines) is 1. The van der Waals surface area contributed by atoms with Crippen LogP contribution < -0.4 is 5.32 Å². The summed E-state index contributed by atoms with van der Waals surface area (Å²) < 4.78 is 14.2. The van der Waals surface area contributed by atoms with Gasteiger partial charge in [-0.15, -0.1) is 11.3 Å². The van der Waals surface area contributed by atoms with E-state index in [1.807, 2.05) is 36.4 Å². The third-order valence-electron chi connectivity index (χ3n) is 6.07. The Morgan fingerprint density at radius 3 is 2.55 bits per heavy atom. The molecular weight excluding hydrogens is 407 g/mol. The van der Waals surface area contributed by atoms with E-state index in [1.165, 1.54) is 10.9 Å². The molecular formula is C26H29FN2OS. The summed E-state index contributed by atoms with van der Waals surface area (Å²) in [6.07, 6.45) is 3.15. The minimum absolute atomic E-state index is 0.0779. The molecule has 162 valence electrons. The molecule has 1 aromatic heterocycles. The van der Waals surface area contributed by atoms with Crippen molar-refractivity contribution in [1.29, 1.82) is 0 Å². The molecule has 2 aromatic carbocycles. The van der Waals surface area contributed by atoms with E-state index >= 15 is 0 Å². The summed E-state index contributed by atoms with van der Waals surface area (Å²) in [6.45, 7) is 6.34. The first-order chi connectivity index (χ1) is 15.0. The molecule has 0 radical (unpaired) electrons. The molecule has 31 heavy (non-hydrogen) atoms. The summed E-state index contributed by atoms with van der Waals surface area (Å²) in [4.78, 5) is 16.6. The number of hydrogen-bond acceptors (Lipinski definition) is 3. The van der Waals surface area contributed by atoms with Crippen LogP contribution in [0.4, 0.5) is 9.39 Å². The number of benzene rings is 2. The Hall–Kier alpha value is -2.50. The van der Waals surface area contributed by atoms with Crippen molar-refractivity contribution in [1.82, 2.24) is 4.90 Å². The Morgan fingerprint density at radius 1 is 1.13 bits per heavy atom. The molecule has 1 fully saturated rings. The van der Waals surface area contributed by atoms with E-state index in [0.717, 1.165) is 48.5 Å². The van der Waals surface area contributed by atoms with Crippen molar-refractivity contribution in [2.24, 2.45) is 5.92 Å². The monoisotopic (exact) mass is 436 g/mol. The van der Waals surface area contributed by atoms with Gasteiger partial charge in [0, 0.05) is 16.0 Å². The van der Waals surface area contributed by atoms with Crippen molar-refractivity contribution in [3.63, 3.8) is 0 Å². The SMILES string of the molecule is CCc1cc([C@@H](c2cccc(F)c2)N2CCC(C)CC2)c(NC(=O)c2ccccc2)s1. The fourth-order valence-corrected chi connectivity index (χ4v) is 5.27. The number of hydrogen-bond donors (Lipinski definition) is 1. The normalized spacial score (nSPS) is 16.2. The van der Waals surface area contributed by atoms with Crippen LogP contribution >= 0.6 is 11.3 Å². The molecule has 1 N–H and O–H groups in total. The number of carbonyl (C=O) groups is 1. The van der Waals surface area contributed by atoms with Gasteiger partial charge in [0.1, 0.15) is 10.8 Å². The lowest BCUT2D eigenvalue weighted by Gasteiger charge is -2.37. The Balaban J connectivity index is 1.73. The largest absolute Gasteiger partial charge is 0.313 e. The Morgan fingerprint density at radius 2 is 1.87 bits per heavy atom. The number of amides is 1. The molecule has 3 aromatic rings. The summed E-state index contributed by atoms with van der Waals surface area (Å²) in [6, 6.07) is 18.3. The maximum absolute atomic E-state index is 14.2. The quantitative estimate of drug-likeness (QED) is 0.477. The summed E-state index contributed by atoms with van der Waals surface area (Å²) >= 11 is 1.62. The predicted molar refractivity (Wildman–Crippen MR) is 126 cm³/mol. The number of anilines is 1. The first kappa shape index (κ1) is 21.7. The number of nitrogens with one attached hydrogen (secondary N) is 1. The van der Waals surface area contributed by atoms with Crippen LogP contribution in [0.15, 0.2) is 60.7 Å². The molecule has 4 rings (SSSR count). The smallest absolute Gasteiger partial charge is 0.256 e. The molecule has 0 spiro atoms. The van der Waals surface area contributed by atoms with E-state index in [9.17, 15) is 9.18 Å². The van der Waals surface area contributed by atoms with E-state index in [2.05, 4.69) is 30.1 Å². The number of rotatable bonds is 6. The zero-order valence-electron chi connectivity index (χ0n) is 18.1. The number of piperidine rings is 1. The Bertz CT molecular complexity index is 1020. The highest BCUT2D eigenvalue weighted by Gasteiger charge is 2.30. The highest BCUT2D eigenvalue weighted by atomic mass is 32.1. The number of thiophene rings is 1. The summed E-state index contributed by atoms with van der Waals surface area (Å²) in [5.41, 5.74) is 2.63. The van der Waals surface area contributed by atoms with E-state index in [0.29, 0.717) is 11.5 Å². The number of halogens is 1. The van der Waals surface area contributed by atoms with Gasteiger partial charge in [0.15, 0.2) is 0 Å². The van der Waals surface area contributed by atoms with Gasteiger partial charge in [0.05, 0.1) is 6.04 Å². The minimum Gasteiger partial charge on any atom is -0.313 e. The fourth-order valence-electron chi connectivity index (χ4n) is 4.25. The van der Waals surface area contributed by atoms with Gasteiger partial charge in [-0.05, 0) is 74.2 Å². The van der Waals surface area contributed by atoms with Crippen LogP contribution in [-0.4, -0.2) is 23.9 Å². The van der Waals surface area contributed by atoms with Gasteiger partial charge in [0.2, 0.25) is 0 Å². The van der Waals surface area contributed by atoms with Crippen LogP contribution in [0, 0.1) is 11.7 Å². The topological polar surface area (TPSA) is 32.3 Å². The second-order valence-corrected chi connectivity index (χ2v) is 9.48. The summed E-state index contributed by atoms with van der Waals surface area (Å²) in [7, 11) is 0. The summed E-state index contributed by atoms with van der Waals surface area (Å²) in [5, 5.41) is 4.01. The van der Waals surface area contributed by atoms with E-state index in [1.54, 1.807) is 23.5 Å². The van der Waals surface area contributed by atoms with Crippen molar-refractivity contribution in [2.45, 2.75) is 39.2 Å². The minimum atomic E-state index is -0.228. The van der Waals surface area contributed by atoms with Crippen molar-refractivity contribution in [2.75, 3.05) is 18.4 Å². The molecule has 1 atom stereocenters. The Kier molecular flexibility index (Phi) is 6.83. The molecule has 0 bridgehead atoms. The fraction of sp³-hybridized carbons (Fsp3) is 0.346. The first-order valence-corrected chi connectivity index (χ1v) is 11.8. The van der Waals surface area contributed by atoms with Crippen molar-refractivity contribution in [3.05, 3.63) is 88.0 Å². The van der Waals surface area contributed by atoms with Crippen molar-refractivity contribution in [3.8, 4) is 0 Å². The zero-order chi connectivity index (χ0) is 21.8. The second-order valence-electron chi connectivity index (χ2n) is 8.35. The van der Waals surface area contributed by atoms with Gasteiger partial charge in [-0.3, -0.25) is 9.69 Å². The van der Waals surface area contributed by atoms with Crippen LogP contribution in [-0.2, 0) is 6.42 Å². The first-order valence-electron chi connectivity index (χ1n) is 11.0. The van der Waals surface area contributed by atoms with Gasteiger partial charge in [0.25, 0.3) is 5.91 Å². The predicted octanol–water partition coefficient (Wildman–Crippen LogP) is 6.52. The maximum Gasteiger partial charge on any atom is 0.256 e. The molecule has 0 aliphatic carbocycles. The zero-order valence-corrected chi connectivity index (χ0v) is 18.9.